The molecular formula is C25H24F2N6O. The standard InChI is InChI=1S/C25H24F2N6O/c1-14-9-15(11-16(28)10-14)17-5-7-29-13-22(17)32-25(34)21-6-8-33-24(31-21)18(12-30-33)23-19(26)3-2-4-20(23)27/h2-8,12-16H,9-11,28H2,1H3,(H,32,34). The maximum Gasteiger partial charge on any atom is 0.274 e. The van der Waals surface area contributed by atoms with Crippen LogP contribution in [0.5, 0.6) is 0 Å². The van der Waals surface area contributed by atoms with Crippen molar-refractivity contribution < 1.29 is 13.6 Å². The van der Waals surface area contributed by atoms with Crippen LogP contribution in [-0.2, 0) is 0 Å². The van der Waals surface area contributed by atoms with Crippen molar-refractivity contribution in [2.75, 3.05) is 5.32 Å². The molecule has 7 nitrogen and oxygen atoms in total. The smallest absolute Gasteiger partial charge is 0.274 e. The topological polar surface area (TPSA) is 98.2 Å². The summed E-state index contributed by atoms with van der Waals surface area (Å²) in [6, 6.07) is 7.16. The molecule has 3 unspecified atom stereocenters. The number of nitrogens with zero attached hydrogens (tertiary/aromatic N) is 4. The normalized spacial score (nSPS) is 20.4. The third-order valence-corrected chi connectivity index (χ3v) is 6.36. The molecular weight excluding hydrogens is 438 g/mol. The predicted octanol–water partition coefficient (Wildman–Crippen LogP) is 4.55. The molecule has 1 amide bonds. The Kier molecular flexibility index (Phi) is 5.79. The van der Waals surface area contributed by atoms with Gasteiger partial charge in [0.05, 0.1) is 29.2 Å². The number of hydrogen-bond acceptors (Lipinski definition) is 5. The van der Waals surface area contributed by atoms with Crippen LogP contribution in [0.3, 0.4) is 0 Å². The number of hydrogen-bond donors (Lipinski definition) is 2. The molecule has 34 heavy (non-hydrogen) atoms. The van der Waals surface area contributed by atoms with Crippen molar-refractivity contribution in [3.05, 3.63) is 78.0 Å². The Balaban J connectivity index is 1.47. The minimum absolute atomic E-state index is 0.0921. The molecule has 3 heterocycles. The van der Waals surface area contributed by atoms with Crippen LogP contribution in [-0.4, -0.2) is 31.5 Å². The van der Waals surface area contributed by atoms with E-state index in [9.17, 15) is 13.6 Å². The molecule has 174 valence electrons. The van der Waals surface area contributed by atoms with Crippen molar-refractivity contribution in [1.82, 2.24) is 19.6 Å². The third-order valence-electron chi connectivity index (χ3n) is 6.36. The Hall–Kier alpha value is -3.72. The Bertz CT molecular complexity index is 1340. The fourth-order valence-corrected chi connectivity index (χ4v) is 4.89. The molecule has 3 N–H and O–H groups in total. The molecule has 1 saturated carbocycles. The first kappa shape index (κ1) is 22.1. The van der Waals surface area contributed by atoms with Gasteiger partial charge in [0, 0.05) is 18.4 Å². The summed E-state index contributed by atoms with van der Waals surface area (Å²) in [5.74, 6) is -1.20. The van der Waals surface area contributed by atoms with Gasteiger partial charge in [-0.2, -0.15) is 5.10 Å². The summed E-state index contributed by atoms with van der Waals surface area (Å²) in [7, 11) is 0. The largest absolute Gasteiger partial charge is 0.328 e. The summed E-state index contributed by atoms with van der Waals surface area (Å²) in [5.41, 5.74) is 8.04. The quantitative estimate of drug-likeness (QED) is 0.464. The van der Waals surface area contributed by atoms with Gasteiger partial charge in [-0.05, 0) is 60.9 Å². The highest BCUT2D eigenvalue weighted by Gasteiger charge is 2.27. The first-order chi connectivity index (χ1) is 16.4. The highest BCUT2D eigenvalue weighted by atomic mass is 19.1. The van der Waals surface area contributed by atoms with Crippen molar-refractivity contribution >= 4 is 17.2 Å². The van der Waals surface area contributed by atoms with Crippen LogP contribution in [0.1, 0.15) is 48.2 Å². The lowest BCUT2D eigenvalue weighted by atomic mass is 9.76. The van der Waals surface area contributed by atoms with Gasteiger partial charge in [0.25, 0.3) is 5.91 Å². The van der Waals surface area contributed by atoms with E-state index in [2.05, 4.69) is 27.3 Å². The molecule has 0 bridgehead atoms. The maximum absolute atomic E-state index is 14.4. The summed E-state index contributed by atoms with van der Waals surface area (Å²) in [4.78, 5) is 21.7. The van der Waals surface area contributed by atoms with E-state index in [0.29, 0.717) is 11.6 Å². The number of rotatable bonds is 4. The molecule has 9 heteroatoms. The van der Waals surface area contributed by atoms with Gasteiger partial charge >= 0.3 is 0 Å². The minimum Gasteiger partial charge on any atom is -0.328 e. The number of carbonyl (C=O) groups excluding carboxylic acids is 1. The number of halogens is 2. The van der Waals surface area contributed by atoms with Crippen molar-refractivity contribution in [1.29, 1.82) is 0 Å². The maximum atomic E-state index is 14.4. The Morgan fingerprint density at radius 2 is 1.91 bits per heavy atom. The van der Waals surface area contributed by atoms with Gasteiger partial charge in [-0.3, -0.25) is 9.78 Å². The second-order valence-electron chi connectivity index (χ2n) is 8.92. The molecule has 1 aliphatic carbocycles. The van der Waals surface area contributed by atoms with Crippen molar-refractivity contribution in [2.45, 2.75) is 38.1 Å². The van der Waals surface area contributed by atoms with Crippen LogP contribution in [0.25, 0.3) is 16.8 Å². The Morgan fingerprint density at radius 1 is 1.12 bits per heavy atom. The molecule has 4 aromatic rings. The van der Waals surface area contributed by atoms with Crippen molar-refractivity contribution in [3.8, 4) is 11.1 Å². The lowest BCUT2D eigenvalue weighted by Gasteiger charge is -2.32. The van der Waals surface area contributed by atoms with E-state index in [1.807, 2.05) is 6.07 Å². The van der Waals surface area contributed by atoms with E-state index in [1.54, 1.807) is 12.4 Å². The summed E-state index contributed by atoms with van der Waals surface area (Å²) in [6.07, 6.45) is 9.01. The molecule has 0 spiro atoms. The molecule has 3 atom stereocenters. The van der Waals surface area contributed by atoms with E-state index >= 15 is 0 Å². The number of nitrogens with two attached hydrogens (primary N) is 1. The molecule has 1 fully saturated rings. The zero-order chi connectivity index (χ0) is 23.8. The van der Waals surface area contributed by atoms with Crippen LogP contribution in [0.15, 0.2) is 55.1 Å². The number of aromatic nitrogens is 4. The molecule has 3 aromatic heterocycles. The van der Waals surface area contributed by atoms with E-state index in [-0.39, 0.29) is 34.4 Å². The molecule has 0 radical (unpaired) electrons. The van der Waals surface area contributed by atoms with Crippen LogP contribution in [0, 0.1) is 17.6 Å². The molecule has 1 aliphatic rings. The van der Waals surface area contributed by atoms with Crippen LogP contribution < -0.4 is 11.1 Å². The van der Waals surface area contributed by atoms with Crippen molar-refractivity contribution in [3.63, 3.8) is 0 Å². The fraction of sp³-hybridized carbons (Fsp3) is 0.280. The average Bonchev–Trinajstić information content (AvgIpc) is 3.21. The lowest BCUT2D eigenvalue weighted by molar-refractivity contribution is 0.102. The highest BCUT2D eigenvalue weighted by molar-refractivity contribution is 6.03. The van der Waals surface area contributed by atoms with Gasteiger partial charge in [-0.25, -0.2) is 18.3 Å². The lowest BCUT2D eigenvalue weighted by Crippen LogP contribution is -2.31. The Labute approximate surface area is 195 Å². The van der Waals surface area contributed by atoms with E-state index in [4.69, 9.17) is 5.73 Å². The number of nitrogens with one attached hydrogen (secondary N) is 1. The van der Waals surface area contributed by atoms with Gasteiger partial charge in [0.15, 0.2) is 5.65 Å². The van der Waals surface area contributed by atoms with Gasteiger partial charge in [0.2, 0.25) is 0 Å². The van der Waals surface area contributed by atoms with Gasteiger partial charge in [-0.15, -0.1) is 0 Å². The number of pyridine rings is 1. The van der Waals surface area contributed by atoms with E-state index in [1.165, 1.54) is 41.2 Å². The van der Waals surface area contributed by atoms with Gasteiger partial charge in [-0.1, -0.05) is 13.0 Å². The zero-order valence-electron chi connectivity index (χ0n) is 18.6. The SMILES string of the molecule is CC1CC(N)CC(c2ccncc2NC(=O)c2ccn3ncc(-c4c(F)cccc4F)c3n2)C1. The zero-order valence-corrected chi connectivity index (χ0v) is 18.6. The fourth-order valence-electron chi connectivity index (χ4n) is 4.89. The first-order valence-electron chi connectivity index (χ1n) is 11.2. The van der Waals surface area contributed by atoms with Crippen molar-refractivity contribution in [2.24, 2.45) is 11.7 Å². The number of fused-ring (bicyclic) bond motifs is 1. The third kappa shape index (κ3) is 4.14. The number of carbonyl (C=O) groups is 1. The predicted molar refractivity (Wildman–Crippen MR) is 124 cm³/mol. The first-order valence-corrected chi connectivity index (χ1v) is 11.2. The average molecular weight is 463 g/mol. The Morgan fingerprint density at radius 3 is 2.68 bits per heavy atom. The minimum atomic E-state index is -0.730. The van der Waals surface area contributed by atoms with Crippen LogP contribution >= 0.6 is 0 Å². The second-order valence-corrected chi connectivity index (χ2v) is 8.92. The number of amides is 1. The summed E-state index contributed by atoms with van der Waals surface area (Å²) >= 11 is 0. The monoisotopic (exact) mass is 462 g/mol. The van der Waals surface area contributed by atoms with Gasteiger partial charge < -0.3 is 11.1 Å². The summed E-state index contributed by atoms with van der Waals surface area (Å²) in [6.45, 7) is 2.19. The summed E-state index contributed by atoms with van der Waals surface area (Å²) in [5, 5.41) is 7.03. The molecule has 0 saturated heterocycles. The second kappa shape index (κ2) is 8.90. The molecule has 5 rings (SSSR count). The van der Waals surface area contributed by atoms with Crippen LogP contribution in [0.2, 0.25) is 0 Å². The molecule has 1 aromatic carbocycles. The van der Waals surface area contributed by atoms with E-state index in [0.717, 1.165) is 24.8 Å². The highest BCUT2D eigenvalue weighted by Crippen LogP contribution is 2.38. The van der Waals surface area contributed by atoms with E-state index < -0.39 is 17.5 Å². The van der Waals surface area contributed by atoms with Gasteiger partial charge in [0.1, 0.15) is 17.3 Å². The number of benzene rings is 1. The summed E-state index contributed by atoms with van der Waals surface area (Å²) < 4.78 is 30.1. The van der Waals surface area contributed by atoms with Crippen LogP contribution in [0.4, 0.5) is 14.5 Å². The number of anilines is 1. The molecule has 0 aliphatic heterocycles.